The molecule has 0 N–H and O–H groups in total. The lowest BCUT2D eigenvalue weighted by molar-refractivity contribution is -0.384. The van der Waals surface area contributed by atoms with Crippen LogP contribution in [0.3, 0.4) is 0 Å². The van der Waals surface area contributed by atoms with Gasteiger partial charge >= 0.3 is 5.63 Å². The highest BCUT2D eigenvalue weighted by molar-refractivity contribution is 6.14. The third kappa shape index (κ3) is 2.99. The molecule has 1 aliphatic rings. The van der Waals surface area contributed by atoms with E-state index in [0.29, 0.717) is 33.6 Å². The van der Waals surface area contributed by atoms with Crippen molar-refractivity contribution in [2.75, 3.05) is 0 Å². The molecule has 0 saturated heterocycles. The van der Waals surface area contributed by atoms with E-state index in [9.17, 15) is 19.7 Å². The minimum atomic E-state index is -0.669. The smallest absolute Gasteiger partial charge is 0.336 e. The van der Waals surface area contributed by atoms with Crippen LogP contribution in [0.25, 0.3) is 39.1 Å². The minimum Gasteiger partial charge on any atom is -0.482 e. The first-order chi connectivity index (χ1) is 15.1. The summed E-state index contributed by atoms with van der Waals surface area (Å²) in [5.74, 6) is 0.821. The highest BCUT2D eigenvalue weighted by Gasteiger charge is 2.30. The van der Waals surface area contributed by atoms with Crippen molar-refractivity contribution in [1.82, 2.24) is 0 Å². The predicted octanol–water partition coefficient (Wildman–Crippen LogP) is 4.97. The minimum absolute atomic E-state index is 0.0550. The van der Waals surface area contributed by atoms with Crippen LogP contribution in [-0.4, -0.2) is 10.5 Å². The van der Waals surface area contributed by atoms with Crippen molar-refractivity contribution in [3.63, 3.8) is 0 Å². The Labute approximate surface area is 180 Å². The number of aryl methyl sites for hydroxylation is 1. The molecule has 0 spiro atoms. The van der Waals surface area contributed by atoms with Crippen LogP contribution in [0.4, 0.5) is 5.69 Å². The van der Waals surface area contributed by atoms with Crippen LogP contribution in [0, 0.1) is 17.0 Å². The first kappa shape index (κ1) is 19.7. The zero-order valence-corrected chi connectivity index (χ0v) is 17.4. The lowest BCUT2D eigenvalue weighted by Gasteiger charge is -2.29. The van der Waals surface area contributed by atoms with E-state index in [1.165, 1.54) is 24.3 Å². The number of fused-ring (bicyclic) bond motifs is 6. The highest BCUT2D eigenvalue weighted by Crippen LogP contribution is 2.45. The summed E-state index contributed by atoms with van der Waals surface area (Å²) in [6.45, 7) is 5.41. The number of benzene rings is 2. The van der Waals surface area contributed by atoms with Gasteiger partial charge in [-0.15, -0.1) is 0 Å². The molecule has 1 aliphatic heterocycles. The van der Waals surface area contributed by atoms with Gasteiger partial charge in [-0.25, -0.2) is 4.79 Å². The van der Waals surface area contributed by atoms with Crippen molar-refractivity contribution < 1.29 is 18.5 Å². The Morgan fingerprint density at radius 2 is 1.69 bits per heavy atom. The predicted molar refractivity (Wildman–Crippen MR) is 119 cm³/mol. The van der Waals surface area contributed by atoms with Crippen molar-refractivity contribution >= 4 is 33.7 Å². The Balaban J connectivity index is 1.99. The summed E-state index contributed by atoms with van der Waals surface area (Å²) >= 11 is 0. The van der Waals surface area contributed by atoms with Crippen molar-refractivity contribution in [3.8, 4) is 16.9 Å². The fraction of sp³-hybridized carbons (Fsp3) is 0.167. The number of hydrogen-bond donors (Lipinski definition) is 0. The first-order valence-corrected chi connectivity index (χ1v) is 9.86. The van der Waals surface area contributed by atoms with Gasteiger partial charge in [0, 0.05) is 29.8 Å². The number of nitro benzene ring substituents is 1. The molecule has 0 saturated carbocycles. The van der Waals surface area contributed by atoms with Gasteiger partial charge in [-0.2, -0.15) is 0 Å². The van der Waals surface area contributed by atoms with Crippen LogP contribution in [0.1, 0.15) is 25.2 Å². The van der Waals surface area contributed by atoms with E-state index in [2.05, 4.69) is 0 Å². The number of ether oxygens (including phenoxy) is 1. The van der Waals surface area contributed by atoms with E-state index in [4.69, 9.17) is 13.6 Å². The monoisotopic (exact) mass is 431 g/mol. The average Bonchev–Trinajstić information content (AvgIpc) is 2.72. The van der Waals surface area contributed by atoms with E-state index in [1.807, 2.05) is 26.0 Å². The van der Waals surface area contributed by atoms with Gasteiger partial charge in [0.05, 0.1) is 15.9 Å². The second kappa shape index (κ2) is 6.65. The molecule has 0 bridgehead atoms. The van der Waals surface area contributed by atoms with E-state index in [0.717, 1.165) is 0 Å². The topological polar surface area (TPSA) is 113 Å². The molecular weight excluding hydrogens is 414 g/mol. The zero-order valence-electron chi connectivity index (χ0n) is 17.4. The molecule has 0 unspecified atom stereocenters. The largest absolute Gasteiger partial charge is 0.482 e. The lowest BCUT2D eigenvalue weighted by Crippen LogP contribution is -2.28. The molecule has 5 rings (SSSR count). The van der Waals surface area contributed by atoms with Gasteiger partial charge < -0.3 is 13.6 Å². The van der Waals surface area contributed by atoms with E-state index in [-0.39, 0.29) is 27.7 Å². The standard InChI is InChI=1S/C24H17NO7/c1-12-10-17(26)20-21(30-12)15-8-9-24(2,3)32-22(15)19-16(11-18(27)31-23(19)20)13-4-6-14(7-5-13)25(28)29/h4-11H,1-3H3. The maximum Gasteiger partial charge on any atom is 0.336 e. The number of hydrogen-bond acceptors (Lipinski definition) is 7. The number of non-ortho nitro benzene ring substituents is 1. The zero-order chi connectivity index (χ0) is 22.8. The van der Waals surface area contributed by atoms with Crippen molar-refractivity contribution in [1.29, 1.82) is 0 Å². The summed E-state index contributed by atoms with van der Waals surface area (Å²) in [4.78, 5) is 36.0. The summed E-state index contributed by atoms with van der Waals surface area (Å²) in [6, 6.07) is 8.43. The van der Waals surface area contributed by atoms with Gasteiger partial charge in [-0.3, -0.25) is 14.9 Å². The van der Waals surface area contributed by atoms with Crippen LogP contribution >= 0.6 is 0 Å². The van der Waals surface area contributed by atoms with Gasteiger partial charge in [0.2, 0.25) is 0 Å². The fourth-order valence-corrected chi connectivity index (χ4v) is 3.98. The normalized spacial score (nSPS) is 14.3. The molecule has 4 aromatic rings. The molecule has 8 nitrogen and oxygen atoms in total. The summed E-state index contributed by atoms with van der Waals surface area (Å²) in [7, 11) is 0. The quantitative estimate of drug-likeness (QED) is 0.191. The Morgan fingerprint density at radius 1 is 0.969 bits per heavy atom. The molecule has 3 heterocycles. The van der Waals surface area contributed by atoms with Gasteiger partial charge in [0.1, 0.15) is 22.5 Å². The summed E-state index contributed by atoms with van der Waals surface area (Å²) in [5, 5.41) is 11.6. The molecule has 8 heteroatoms. The maximum atomic E-state index is 12.9. The Bertz CT molecular complexity index is 1590. The SMILES string of the molecule is Cc1cc(=O)c2c(o1)c1c(c3c(-c4ccc([N+](=O)[O-])cc4)cc(=O)oc32)OC(C)(C)C=C1. The van der Waals surface area contributed by atoms with Crippen LogP contribution < -0.4 is 15.8 Å². The Hall–Kier alpha value is -4.20. The Kier molecular flexibility index (Phi) is 4.10. The molecule has 32 heavy (non-hydrogen) atoms. The van der Waals surface area contributed by atoms with E-state index < -0.39 is 16.1 Å². The molecule has 0 amide bonds. The van der Waals surface area contributed by atoms with Gasteiger partial charge in [-0.1, -0.05) is 0 Å². The van der Waals surface area contributed by atoms with Crippen molar-refractivity contribution in [2.24, 2.45) is 0 Å². The van der Waals surface area contributed by atoms with Crippen LogP contribution in [0.15, 0.2) is 60.9 Å². The van der Waals surface area contributed by atoms with Crippen molar-refractivity contribution in [3.05, 3.63) is 84.6 Å². The third-order valence-electron chi connectivity index (χ3n) is 5.38. The van der Waals surface area contributed by atoms with E-state index in [1.54, 1.807) is 19.1 Å². The lowest BCUT2D eigenvalue weighted by atomic mass is 9.93. The van der Waals surface area contributed by atoms with Crippen LogP contribution in [-0.2, 0) is 0 Å². The summed E-state index contributed by atoms with van der Waals surface area (Å²) in [6.07, 6.45) is 3.68. The number of rotatable bonds is 2. The molecule has 0 radical (unpaired) electrons. The molecular formula is C24H17NO7. The Morgan fingerprint density at radius 3 is 2.38 bits per heavy atom. The van der Waals surface area contributed by atoms with Gasteiger partial charge in [0.25, 0.3) is 5.69 Å². The second-order valence-corrected chi connectivity index (χ2v) is 8.19. The second-order valence-electron chi connectivity index (χ2n) is 8.19. The molecule has 0 fully saturated rings. The summed E-state index contributed by atoms with van der Waals surface area (Å²) < 4.78 is 17.7. The molecule has 0 aliphatic carbocycles. The number of nitro groups is 1. The number of nitrogens with zero attached hydrogens (tertiary/aromatic N) is 1. The third-order valence-corrected chi connectivity index (χ3v) is 5.38. The molecule has 2 aromatic heterocycles. The van der Waals surface area contributed by atoms with E-state index >= 15 is 0 Å². The first-order valence-electron chi connectivity index (χ1n) is 9.86. The molecule has 2 aromatic carbocycles. The van der Waals surface area contributed by atoms with Crippen molar-refractivity contribution in [2.45, 2.75) is 26.4 Å². The molecule has 0 atom stereocenters. The highest BCUT2D eigenvalue weighted by atomic mass is 16.6. The average molecular weight is 431 g/mol. The maximum absolute atomic E-state index is 12.9. The van der Waals surface area contributed by atoms with Gasteiger partial charge in [0.15, 0.2) is 16.6 Å². The van der Waals surface area contributed by atoms with Crippen LogP contribution in [0.5, 0.6) is 5.75 Å². The van der Waals surface area contributed by atoms with Crippen LogP contribution in [0.2, 0.25) is 0 Å². The van der Waals surface area contributed by atoms with Gasteiger partial charge in [-0.05, 0) is 50.6 Å². The molecule has 160 valence electrons. The summed E-state index contributed by atoms with van der Waals surface area (Å²) in [5.41, 5.74) is 0.109. The fourth-order valence-electron chi connectivity index (χ4n) is 3.98.